The van der Waals surface area contributed by atoms with Gasteiger partial charge in [0.15, 0.2) is 5.78 Å². The summed E-state index contributed by atoms with van der Waals surface area (Å²) in [5.41, 5.74) is 6.22. The number of nitrogens with zero attached hydrogens (tertiary/aromatic N) is 1. The number of carbonyl (C=O) groups excluding carboxylic acids is 1. The quantitative estimate of drug-likeness (QED) is 0.0892. The largest absolute Gasteiger partial charge is 0.512 e. The van der Waals surface area contributed by atoms with E-state index < -0.39 is 0 Å². The minimum absolute atomic E-state index is 0. The van der Waals surface area contributed by atoms with Gasteiger partial charge in [-0.25, -0.2) is 0 Å². The van der Waals surface area contributed by atoms with Crippen molar-refractivity contribution in [3.8, 4) is 21.7 Å². The predicted molar refractivity (Wildman–Crippen MR) is 218 cm³/mol. The number of pyridine rings is 1. The van der Waals surface area contributed by atoms with Crippen LogP contribution in [0.25, 0.3) is 53.5 Å². The van der Waals surface area contributed by atoms with E-state index in [1.807, 2.05) is 66.0 Å². The first-order valence-electron chi connectivity index (χ1n) is 18.4. The van der Waals surface area contributed by atoms with Crippen molar-refractivity contribution in [2.75, 3.05) is 0 Å². The van der Waals surface area contributed by atoms with Crippen molar-refractivity contribution < 1.29 is 34.4 Å². The minimum Gasteiger partial charge on any atom is -0.512 e. The van der Waals surface area contributed by atoms with Crippen LogP contribution in [-0.4, -0.2) is 15.9 Å². The molecule has 1 N–H and O–H groups in total. The molecule has 6 rings (SSSR count). The summed E-state index contributed by atoms with van der Waals surface area (Å²) in [5.74, 6) is 1.22. The number of hydrogen-bond acceptors (Lipinski definition) is 5. The second-order valence-electron chi connectivity index (χ2n) is 15.5. The monoisotopic (exact) mass is 893 g/mol. The summed E-state index contributed by atoms with van der Waals surface area (Å²) >= 11 is 1.83. The van der Waals surface area contributed by atoms with Crippen LogP contribution in [0.2, 0.25) is 0 Å². The first-order chi connectivity index (χ1) is 24.1. The van der Waals surface area contributed by atoms with Crippen LogP contribution in [0.3, 0.4) is 0 Å². The van der Waals surface area contributed by atoms with Crippen molar-refractivity contribution >= 4 is 48.9 Å². The van der Waals surface area contributed by atoms with Crippen LogP contribution in [0.5, 0.6) is 0 Å². The van der Waals surface area contributed by atoms with Gasteiger partial charge in [0.1, 0.15) is 17.1 Å². The van der Waals surface area contributed by atoms with Crippen LogP contribution < -0.4 is 0 Å². The zero-order valence-electron chi connectivity index (χ0n) is 32.7. The van der Waals surface area contributed by atoms with Gasteiger partial charge >= 0.3 is 0 Å². The Labute approximate surface area is 328 Å². The molecule has 0 atom stereocenters. The third kappa shape index (κ3) is 8.15. The molecule has 4 nitrogen and oxygen atoms in total. The van der Waals surface area contributed by atoms with E-state index in [1.54, 1.807) is 0 Å². The third-order valence-corrected chi connectivity index (χ3v) is 12.5. The van der Waals surface area contributed by atoms with Gasteiger partial charge in [-0.05, 0) is 91.8 Å². The number of aryl methyl sites for hydroxylation is 2. The van der Waals surface area contributed by atoms with Gasteiger partial charge in [0.25, 0.3) is 0 Å². The molecule has 6 aromatic rings. The van der Waals surface area contributed by atoms with Gasteiger partial charge in [-0.1, -0.05) is 91.5 Å². The average molecular weight is 893 g/mol. The molecular formula is C46H54IrNO3S-. The Morgan fingerprint density at radius 1 is 0.885 bits per heavy atom. The van der Waals surface area contributed by atoms with Crippen LogP contribution >= 0.6 is 11.3 Å². The van der Waals surface area contributed by atoms with E-state index in [0.717, 1.165) is 59.1 Å². The fourth-order valence-corrected chi connectivity index (χ4v) is 7.85. The molecule has 3 aromatic carbocycles. The summed E-state index contributed by atoms with van der Waals surface area (Å²) in [7, 11) is 0. The smallest absolute Gasteiger partial charge is 0.164 e. The van der Waals surface area contributed by atoms with Gasteiger partial charge in [-0.15, -0.1) is 40.5 Å². The molecule has 0 aliphatic heterocycles. The number of furan rings is 1. The first-order valence-corrected chi connectivity index (χ1v) is 19.2. The molecule has 1 radical (unpaired) electrons. The number of thiophene rings is 1. The van der Waals surface area contributed by atoms with E-state index in [2.05, 4.69) is 94.4 Å². The molecule has 0 bridgehead atoms. The van der Waals surface area contributed by atoms with Gasteiger partial charge in [0, 0.05) is 63.9 Å². The molecule has 0 aliphatic carbocycles. The Balaban J connectivity index is 0.000000289. The first kappa shape index (κ1) is 41.2. The van der Waals surface area contributed by atoms with Crippen LogP contribution in [0.15, 0.2) is 83.1 Å². The summed E-state index contributed by atoms with van der Waals surface area (Å²) in [6.45, 7) is 23.1. The molecule has 0 saturated heterocycles. The Bertz CT molecular complexity index is 2220. The summed E-state index contributed by atoms with van der Waals surface area (Å²) in [6.07, 6.45) is 6.68. The summed E-state index contributed by atoms with van der Waals surface area (Å²) < 4.78 is 7.04. The molecule has 277 valence electrons. The molecule has 0 aliphatic rings. The Morgan fingerprint density at radius 3 is 2.17 bits per heavy atom. The van der Waals surface area contributed by atoms with E-state index >= 15 is 0 Å². The summed E-state index contributed by atoms with van der Waals surface area (Å²) in [6, 6.07) is 25.2. The third-order valence-electron chi connectivity index (χ3n) is 11.2. The maximum atomic E-state index is 12.2. The molecule has 52 heavy (non-hydrogen) atoms. The van der Waals surface area contributed by atoms with Crippen LogP contribution in [-0.2, 0) is 30.3 Å². The number of aromatic nitrogens is 1. The topological polar surface area (TPSA) is 63.3 Å². The predicted octanol–water partition coefficient (Wildman–Crippen LogP) is 13.9. The molecule has 3 aromatic heterocycles. The van der Waals surface area contributed by atoms with Crippen molar-refractivity contribution in [3.63, 3.8) is 0 Å². The number of benzene rings is 3. The second-order valence-corrected chi connectivity index (χ2v) is 16.6. The van der Waals surface area contributed by atoms with Gasteiger partial charge in [0.05, 0.1) is 0 Å². The molecule has 0 spiro atoms. The van der Waals surface area contributed by atoms with E-state index in [4.69, 9.17) is 9.40 Å². The molecule has 0 fully saturated rings. The van der Waals surface area contributed by atoms with Gasteiger partial charge < -0.3 is 9.52 Å². The van der Waals surface area contributed by atoms with Gasteiger partial charge in [0.2, 0.25) is 0 Å². The number of rotatable bonds is 9. The van der Waals surface area contributed by atoms with Crippen molar-refractivity contribution in [2.45, 2.75) is 107 Å². The number of carbonyl (C=O) groups is 1. The fraction of sp³-hybridized carbons (Fsp3) is 0.391. The number of allylic oxidation sites excluding steroid dienone is 2. The fourth-order valence-electron chi connectivity index (χ4n) is 6.65. The maximum absolute atomic E-state index is 12.2. The normalized spacial score (nSPS) is 12.6. The van der Waals surface area contributed by atoms with Gasteiger partial charge in [-0.2, -0.15) is 0 Å². The van der Waals surface area contributed by atoms with Crippen molar-refractivity contribution in [1.29, 1.82) is 0 Å². The molecule has 6 heteroatoms. The standard InChI is InChI=1S/C31H26NOS.C15H28O2.Ir/c1-18-14-22-16-21(10-11-26(22)33-18)30-19(2)28-27(34-30)12-13-32-29(28)23-15-20-8-6-7-9-24(20)25(17-23)31(3,4)5;1-7-14(5,8-2)12(16)11-13(17)15(6,9-3)10-4;/h6-14,16-17H,1-5H3;11,16H,7-10H2,1-6H3;/q-1;;/b;12-11-;. The molecular weight excluding hydrogens is 839 g/mol. The SMILES string of the molecule is CCC(C)(CC)C(=O)/C=C(\O)C(C)(CC)CC.Cc1cc2cc(-c3sc4ccnc(-c5[c-]c6ccccc6c(C(C)(C)C)c5)c4c3C)ccc2o1.[Ir]. The molecule has 0 saturated carbocycles. The average Bonchev–Trinajstić information content (AvgIpc) is 3.67. The number of ketones is 1. The molecule has 3 heterocycles. The Morgan fingerprint density at radius 2 is 1.54 bits per heavy atom. The number of aliphatic hydroxyl groups is 1. The van der Waals surface area contributed by atoms with E-state index in [9.17, 15) is 9.90 Å². The number of aliphatic hydroxyl groups excluding tert-OH is 1. The van der Waals surface area contributed by atoms with Gasteiger partial charge in [-0.3, -0.25) is 9.78 Å². The van der Waals surface area contributed by atoms with Crippen LogP contribution in [0.4, 0.5) is 0 Å². The van der Waals surface area contributed by atoms with E-state index in [-0.39, 0.29) is 47.9 Å². The van der Waals surface area contributed by atoms with Crippen LogP contribution in [0.1, 0.15) is 105 Å². The zero-order valence-corrected chi connectivity index (χ0v) is 35.9. The second kappa shape index (κ2) is 16.2. The van der Waals surface area contributed by atoms with E-state index in [0.29, 0.717) is 0 Å². The summed E-state index contributed by atoms with van der Waals surface area (Å²) in [5, 5.41) is 14.9. The number of fused-ring (bicyclic) bond motifs is 3. The maximum Gasteiger partial charge on any atom is 0.164 e. The van der Waals surface area contributed by atoms with E-state index in [1.165, 1.54) is 43.1 Å². The minimum atomic E-state index is -0.337. The van der Waals surface area contributed by atoms with Crippen LogP contribution in [0, 0.1) is 30.7 Å². The Hall–Kier alpha value is -3.57. The van der Waals surface area contributed by atoms with Crippen molar-refractivity contribution in [1.82, 2.24) is 4.98 Å². The summed E-state index contributed by atoms with van der Waals surface area (Å²) in [4.78, 5) is 18.3. The number of hydrogen-bond donors (Lipinski definition) is 1. The van der Waals surface area contributed by atoms with Crippen molar-refractivity contribution in [3.05, 3.63) is 102 Å². The molecule has 0 unspecified atom stereocenters. The van der Waals surface area contributed by atoms with Crippen molar-refractivity contribution in [2.24, 2.45) is 10.8 Å². The Kier molecular flexibility index (Phi) is 12.8. The zero-order chi connectivity index (χ0) is 37.3. The molecule has 0 amide bonds.